The average Bonchev–Trinajstić information content (AvgIpc) is 2.78. The highest BCUT2D eigenvalue weighted by Gasteiger charge is 2.35. The van der Waals surface area contributed by atoms with Gasteiger partial charge in [-0.3, -0.25) is 14.5 Å². The minimum Gasteiger partial charge on any atom is -0.504 e. The lowest BCUT2D eigenvalue weighted by Crippen LogP contribution is -2.27. The zero-order valence-electron chi connectivity index (χ0n) is 12.6. The van der Waals surface area contributed by atoms with Gasteiger partial charge in [0.1, 0.15) is 11.6 Å². The first kappa shape index (κ1) is 17.0. The molecule has 25 heavy (non-hydrogen) atoms. The Morgan fingerprint density at radius 3 is 2.44 bits per heavy atom. The highest BCUT2D eigenvalue weighted by Crippen LogP contribution is 2.36. The first-order valence-electron chi connectivity index (χ1n) is 7.06. The summed E-state index contributed by atoms with van der Waals surface area (Å²) in [5.41, 5.74) is 0.309. The van der Waals surface area contributed by atoms with Crippen LogP contribution in [0.4, 0.5) is 13.6 Å². The molecule has 0 aliphatic carbocycles. The van der Waals surface area contributed by atoms with Crippen LogP contribution in [-0.2, 0) is 11.3 Å². The average molecular weight is 363 g/mol. The third-order valence-corrected chi connectivity index (χ3v) is 4.38. The molecule has 1 aliphatic rings. The van der Waals surface area contributed by atoms with E-state index in [1.54, 1.807) is 0 Å². The first-order chi connectivity index (χ1) is 11.8. The van der Waals surface area contributed by atoms with E-state index in [-0.39, 0.29) is 28.3 Å². The zero-order chi connectivity index (χ0) is 18.1. The number of phenols is 2. The van der Waals surface area contributed by atoms with Crippen molar-refractivity contribution in [1.82, 2.24) is 4.90 Å². The van der Waals surface area contributed by atoms with E-state index in [0.29, 0.717) is 17.8 Å². The zero-order valence-corrected chi connectivity index (χ0v) is 13.4. The van der Waals surface area contributed by atoms with Crippen molar-refractivity contribution in [3.05, 3.63) is 64.1 Å². The summed E-state index contributed by atoms with van der Waals surface area (Å²) in [6.07, 6.45) is 1.27. The predicted octanol–water partition coefficient (Wildman–Crippen LogP) is 3.61. The van der Waals surface area contributed by atoms with Gasteiger partial charge in [0.15, 0.2) is 11.5 Å². The molecule has 1 heterocycles. The van der Waals surface area contributed by atoms with Crippen molar-refractivity contribution in [1.29, 1.82) is 0 Å². The highest BCUT2D eigenvalue weighted by molar-refractivity contribution is 8.18. The van der Waals surface area contributed by atoms with Crippen LogP contribution in [0.2, 0.25) is 0 Å². The molecule has 128 valence electrons. The third kappa shape index (κ3) is 3.48. The van der Waals surface area contributed by atoms with Gasteiger partial charge in [-0.1, -0.05) is 12.1 Å². The maximum absolute atomic E-state index is 13.2. The van der Waals surface area contributed by atoms with Crippen molar-refractivity contribution in [2.45, 2.75) is 6.54 Å². The van der Waals surface area contributed by atoms with Crippen LogP contribution in [0, 0.1) is 11.6 Å². The standard InChI is InChI=1S/C17H11F2NO4S/c18-11-4-9(5-12(19)7-11)8-20-16(23)14(25-17(20)24)6-10-2-1-3-13(21)15(10)22/h1-7,21-22H,8H2/b14-6-. The molecular formula is C17H11F2NO4S. The molecule has 2 aromatic carbocycles. The Balaban J connectivity index is 1.87. The number of carbonyl (C=O) groups excluding carboxylic acids is 2. The third-order valence-electron chi connectivity index (χ3n) is 3.47. The first-order valence-corrected chi connectivity index (χ1v) is 7.88. The molecule has 0 spiro atoms. The molecule has 8 heteroatoms. The fraction of sp³-hybridized carbons (Fsp3) is 0.0588. The minimum atomic E-state index is -0.804. The van der Waals surface area contributed by atoms with Crippen molar-refractivity contribution in [2.75, 3.05) is 0 Å². The lowest BCUT2D eigenvalue weighted by Gasteiger charge is -2.12. The Morgan fingerprint density at radius 1 is 1.08 bits per heavy atom. The maximum Gasteiger partial charge on any atom is 0.293 e. The van der Waals surface area contributed by atoms with Crippen molar-refractivity contribution < 1.29 is 28.6 Å². The van der Waals surface area contributed by atoms with Gasteiger partial charge in [0.2, 0.25) is 0 Å². The van der Waals surface area contributed by atoms with E-state index < -0.39 is 28.5 Å². The molecule has 2 amide bonds. The molecule has 1 fully saturated rings. The van der Waals surface area contributed by atoms with Crippen LogP contribution >= 0.6 is 11.8 Å². The second kappa shape index (κ2) is 6.56. The summed E-state index contributed by atoms with van der Waals surface area (Å²) in [4.78, 5) is 25.3. The van der Waals surface area contributed by atoms with E-state index in [4.69, 9.17) is 0 Å². The quantitative estimate of drug-likeness (QED) is 0.643. The Hall–Kier alpha value is -2.87. The number of hydrogen-bond acceptors (Lipinski definition) is 5. The summed E-state index contributed by atoms with van der Waals surface area (Å²) in [5, 5.41) is 18.6. The number of amides is 2. The summed E-state index contributed by atoms with van der Waals surface area (Å²) < 4.78 is 26.5. The van der Waals surface area contributed by atoms with Crippen LogP contribution in [0.3, 0.4) is 0 Å². The lowest BCUT2D eigenvalue weighted by molar-refractivity contribution is -0.123. The van der Waals surface area contributed by atoms with Gasteiger partial charge in [-0.05, 0) is 41.6 Å². The number of carbonyl (C=O) groups is 2. The Bertz CT molecular complexity index is 893. The van der Waals surface area contributed by atoms with Gasteiger partial charge in [0.25, 0.3) is 11.1 Å². The Labute approximate surface area is 145 Å². The number of para-hydroxylation sites is 1. The molecule has 0 unspecified atom stereocenters. The molecule has 1 aliphatic heterocycles. The minimum absolute atomic E-state index is 0.0303. The molecule has 0 radical (unpaired) electrons. The Morgan fingerprint density at radius 2 is 1.76 bits per heavy atom. The number of benzene rings is 2. The SMILES string of the molecule is O=C1S/C(=C\c2cccc(O)c2O)C(=O)N1Cc1cc(F)cc(F)c1. The van der Waals surface area contributed by atoms with Crippen LogP contribution in [-0.4, -0.2) is 26.3 Å². The van der Waals surface area contributed by atoms with Gasteiger partial charge in [-0.2, -0.15) is 0 Å². The number of nitrogens with zero attached hydrogens (tertiary/aromatic N) is 1. The molecule has 0 saturated carbocycles. The van der Waals surface area contributed by atoms with E-state index >= 15 is 0 Å². The van der Waals surface area contributed by atoms with Crippen LogP contribution in [0.25, 0.3) is 6.08 Å². The topological polar surface area (TPSA) is 77.8 Å². The number of rotatable bonds is 3. The molecule has 0 bridgehead atoms. The van der Waals surface area contributed by atoms with Crippen molar-refractivity contribution in [3.63, 3.8) is 0 Å². The lowest BCUT2D eigenvalue weighted by atomic mass is 10.1. The molecule has 0 aromatic heterocycles. The highest BCUT2D eigenvalue weighted by atomic mass is 32.2. The van der Waals surface area contributed by atoms with E-state index in [0.717, 1.165) is 17.0 Å². The molecule has 3 rings (SSSR count). The number of aromatic hydroxyl groups is 2. The summed E-state index contributed by atoms with van der Waals surface area (Å²) >= 11 is 0.637. The van der Waals surface area contributed by atoms with Gasteiger partial charge >= 0.3 is 0 Å². The van der Waals surface area contributed by atoms with Gasteiger partial charge in [0, 0.05) is 11.6 Å². The second-order valence-electron chi connectivity index (χ2n) is 5.26. The van der Waals surface area contributed by atoms with E-state index in [1.807, 2.05) is 0 Å². The van der Waals surface area contributed by atoms with Crippen molar-refractivity contribution in [2.24, 2.45) is 0 Å². The maximum atomic E-state index is 13.2. The van der Waals surface area contributed by atoms with E-state index in [9.17, 15) is 28.6 Å². The van der Waals surface area contributed by atoms with Gasteiger partial charge < -0.3 is 10.2 Å². The van der Waals surface area contributed by atoms with Crippen molar-refractivity contribution in [3.8, 4) is 11.5 Å². The van der Waals surface area contributed by atoms with Crippen LogP contribution in [0.1, 0.15) is 11.1 Å². The fourth-order valence-corrected chi connectivity index (χ4v) is 3.16. The molecule has 0 atom stereocenters. The second-order valence-corrected chi connectivity index (χ2v) is 6.25. The number of imide groups is 1. The van der Waals surface area contributed by atoms with Gasteiger partial charge in [-0.25, -0.2) is 8.78 Å². The number of phenolic OH excluding ortho intramolecular Hbond substituents is 2. The smallest absolute Gasteiger partial charge is 0.293 e. The molecule has 1 saturated heterocycles. The largest absolute Gasteiger partial charge is 0.504 e. The monoisotopic (exact) mass is 363 g/mol. The van der Waals surface area contributed by atoms with E-state index in [2.05, 4.69) is 0 Å². The van der Waals surface area contributed by atoms with Gasteiger partial charge in [0.05, 0.1) is 11.4 Å². The number of hydrogen-bond donors (Lipinski definition) is 2. The van der Waals surface area contributed by atoms with Crippen LogP contribution in [0.5, 0.6) is 11.5 Å². The fourth-order valence-electron chi connectivity index (χ4n) is 2.33. The number of halogens is 2. The summed E-state index contributed by atoms with van der Waals surface area (Å²) in [6, 6.07) is 6.98. The van der Waals surface area contributed by atoms with Crippen molar-refractivity contribution >= 4 is 29.0 Å². The van der Waals surface area contributed by atoms with E-state index in [1.165, 1.54) is 24.3 Å². The Kier molecular flexibility index (Phi) is 4.45. The normalized spacial score (nSPS) is 16.1. The summed E-state index contributed by atoms with van der Waals surface area (Å²) in [5.74, 6) is -3.03. The molecule has 2 N–H and O–H groups in total. The van der Waals surface area contributed by atoms with Gasteiger partial charge in [-0.15, -0.1) is 0 Å². The van der Waals surface area contributed by atoms with Crippen LogP contribution in [0.15, 0.2) is 41.3 Å². The number of thioether (sulfide) groups is 1. The molecule has 5 nitrogen and oxygen atoms in total. The molecular weight excluding hydrogens is 352 g/mol. The molecule has 2 aromatic rings. The van der Waals surface area contributed by atoms with Crippen LogP contribution < -0.4 is 0 Å². The summed E-state index contributed by atoms with van der Waals surface area (Å²) in [7, 11) is 0. The summed E-state index contributed by atoms with van der Waals surface area (Å²) in [6.45, 7) is -0.275. The predicted molar refractivity (Wildman–Crippen MR) is 87.6 cm³/mol.